The third-order valence-electron chi connectivity index (χ3n) is 3.73. The third kappa shape index (κ3) is 5.07. The van der Waals surface area contributed by atoms with Crippen molar-refractivity contribution in [3.63, 3.8) is 0 Å². The number of hydrogen-bond acceptors (Lipinski definition) is 4. The molecule has 134 valence electrons. The summed E-state index contributed by atoms with van der Waals surface area (Å²) in [5, 5.41) is 5.88. The average Bonchev–Trinajstić information content (AvgIpc) is 2.48. The van der Waals surface area contributed by atoms with Gasteiger partial charge in [-0.1, -0.05) is 17.7 Å². The van der Waals surface area contributed by atoms with Crippen LogP contribution in [0.2, 0.25) is 5.02 Å². The number of nitrogens with zero attached hydrogens (tertiary/aromatic N) is 1. The van der Waals surface area contributed by atoms with E-state index in [-0.39, 0.29) is 19.2 Å². The summed E-state index contributed by atoms with van der Waals surface area (Å²) in [6.07, 6.45) is 0.784. The summed E-state index contributed by atoms with van der Waals surface area (Å²) in [6, 6.07) is 3.29. The first-order valence-electron chi connectivity index (χ1n) is 7.55. The molecule has 24 heavy (non-hydrogen) atoms. The van der Waals surface area contributed by atoms with E-state index in [9.17, 15) is 13.2 Å². The molecule has 1 heterocycles. The van der Waals surface area contributed by atoms with Crippen molar-refractivity contribution in [1.82, 2.24) is 9.62 Å². The van der Waals surface area contributed by atoms with E-state index in [0.29, 0.717) is 23.9 Å². The maximum Gasteiger partial charge on any atom is 0.319 e. The maximum atomic E-state index is 12.1. The number of morpholine rings is 1. The second-order valence-electron chi connectivity index (χ2n) is 5.89. The quantitative estimate of drug-likeness (QED) is 0.839. The van der Waals surface area contributed by atoms with Crippen molar-refractivity contribution < 1.29 is 17.9 Å². The second kappa shape index (κ2) is 7.69. The molecule has 1 aliphatic heterocycles. The molecule has 0 aliphatic carbocycles. The van der Waals surface area contributed by atoms with Crippen molar-refractivity contribution in [1.29, 1.82) is 0 Å². The number of urea groups is 1. The van der Waals surface area contributed by atoms with Gasteiger partial charge in [0.15, 0.2) is 0 Å². The van der Waals surface area contributed by atoms with Crippen molar-refractivity contribution in [2.75, 3.05) is 37.8 Å². The first-order chi connectivity index (χ1) is 11.2. The Morgan fingerprint density at radius 2 is 2.12 bits per heavy atom. The molecule has 0 bridgehead atoms. The van der Waals surface area contributed by atoms with Crippen LogP contribution in [0.5, 0.6) is 0 Å². The molecule has 2 N–H and O–H groups in total. The average molecular weight is 376 g/mol. The summed E-state index contributed by atoms with van der Waals surface area (Å²) in [5.74, 6) is 0. The van der Waals surface area contributed by atoms with E-state index in [1.807, 2.05) is 19.9 Å². The number of halogens is 1. The number of nitrogens with one attached hydrogen (secondary N) is 2. The minimum absolute atomic E-state index is 0.209. The molecule has 2 amide bonds. The standard InChI is InChI=1S/C15H22ClN3O4S/c1-10-6-11(2)14(13(16)7-10)18-15(20)17-8-12-9-19(4-5-23-12)24(3,21)22/h6-7,12H,4-5,8-9H2,1-3H3,(H2,17,18,20)/t12-/m0/s1. The summed E-state index contributed by atoms with van der Waals surface area (Å²) >= 11 is 6.16. The highest BCUT2D eigenvalue weighted by atomic mass is 35.5. The number of amides is 2. The largest absolute Gasteiger partial charge is 0.374 e. The Morgan fingerprint density at radius 1 is 1.42 bits per heavy atom. The van der Waals surface area contributed by atoms with Crippen LogP contribution in [0.15, 0.2) is 12.1 Å². The van der Waals surface area contributed by atoms with Gasteiger partial charge in [0.25, 0.3) is 0 Å². The molecule has 1 aliphatic rings. The predicted molar refractivity (Wildman–Crippen MR) is 94.1 cm³/mol. The minimum Gasteiger partial charge on any atom is -0.374 e. The number of aryl methyl sites for hydroxylation is 2. The molecule has 2 rings (SSSR count). The van der Waals surface area contributed by atoms with Gasteiger partial charge in [-0.05, 0) is 31.0 Å². The molecular weight excluding hydrogens is 354 g/mol. The first-order valence-corrected chi connectivity index (χ1v) is 9.78. The lowest BCUT2D eigenvalue weighted by atomic mass is 10.1. The monoisotopic (exact) mass is 375 g/mol. The molecule has 0 radical (unpaired) electrons. The lowest BCUT2D eigenvalue weighted by Gasteiger charge is -2.31. The summed E-state index contributed by atoms with van der Waals surface area (Å²) < 4.78 is 30.0. The van der Waals surface area contributed by atoms with Crippen LogP contribution in [0, 0.1) is 13.8 Å². The summed E-state index contributed by atoms with van der Waals surface area (Å²) in [7, 11) is -3.25. The molecular formula is C15H22ClN3O4S. The topological polar surface area (TPSA) is 87.7 Å². The van der Waals surface area contributed by atoms with Crippen molar-refractivity contribution in [2.24, 2.45) is 0 Å². The van der Waals surface area contributed by atoms with Gasteiger partial charge in [0.05, 0.1) is 29.7 Å². The van der Waals surface area contributed by atoms with E-state index in [1.54, 1.807) is 6.07 Å². The van der Waals surface area contributed by atoms with Gasteiger partial charge in [0, 0.05) is 19.6 Å². The Morgan fingerprint density at radius 3 is 2.75 bits per heavy atom. The van der Waals surface area contributed by atoms with Gasteiger partial charge in [-0.25, -0.2) is 13.2 Å². The minimum atomic E-state index is -3.25. The van der Waals surface area contributed by atoms with Gasteiger partial charge in [-0.15, -0.1) is 0 Å². The molecule has 9 heteroatoms. The number of anilines is 1. The highest BCUT2D eigenvalue weighted by molar-refractivity contribution is 7.88. The van der Waals surface area contributed by atoms with Crippen LogP contribution in [-0.4, -0.2) is 57.4 Å². The molecule has 1 saturated heterocycles. The van der Waals surface area contributed by atoms with Gasteiger partial charge >= 0.3 is 6.03 Å². The molecule has 1 aromatic rings. The molecule has 1 aromatic carbocycles. The third-order valence-corrected chi connectivity index (χ3v) is 5.30. The zero-order chi connectivity index (χ0) is 17.9. The molecule has 0 aromatic heterocycles. The lowest BCUT2D eigenvalue weighted by molar-refractivity contribution is 0.00167. The van der Waals surface area contributed by atoms with E-state index >= 15 is 0 Å². The van der Waals surface area contributed by atoms with Crippen molar-refractivity contribution >= 4 is 33.3 Å². The number of carbonyl (C=O) groups excluding carboxylic acids is 1. The van der Waals surface area contributed by atoms with E-state index < -0.39 is 16.1 Å². The highest BCUT2D eigenvalue weighted by Crippen LogP contribution is 2.27. The molecule has 1 fully saturated rings. The second-order valence-corrected chi connectivity index (χ2v) is 8.28. The number of ether oxygens (including phenoxy) is 1. The van der Waals surface area contributed by atoms with E-state index in [0.717, 1.165) is 17.4 Å². The SMILES string of the molecule is Cc1cc(C)c(NC(=O)NC[C@H]2CN(S(C)(=O)=O)CCO2)c(Cl)c1. The van der Waals surface area contributed by atoms with E-state index in [1.165, 1.54) is 4.31 Å². The smallest absolute Gasteiger partial charge is 0.319 e. The Kier molecular flexibility index (Phi) is 6.08. The van der Waals surface area contributed by atoms with Crippen LogP contribution in [0.4, 0.5) is 10.5 Å². The summed E-state index contributed by atoms with van der Waals surface area (Å²) in [5.41, 5.74) is 2.44. The van der Waals surface area contributed by atoms with Crippen molar-refractivity contribution in [3.05, 3.63) is 28.3 Å². The molecule has 7 nitrogen and oxygen atoms in total. The summed E-state index contributed by atoms with van der Waals surface area (Å²) in [4.78, 5) is 12.1. The Hall–Kier alpha value is -1.35. The van der Waals surface area contributed by atoms with Crippen molar-refractivity contribution in [2.45, 2.75) is 20.0 Å². The highest BCUT2D eigenvalue weighted by Gasteiger charge is 2.26. The van der Waals surface area contributed by atoms with E-state index in [4.69, 9.17) is 16.3 Å². The van der Waals surface area contributed by atoms with Crippen LogP contribution in [-0.2, 0) is 14.8 Å². The Labute approximate surface area is 147 Å². The van der Waals surface area contributed by atoms with E-state index in [2.05, 4.69) is 10.6 Å². The number of rotatable bonds is 4. The Bertz CT molecular complexity index is 700. The number of hydrogen-bond donors (Lipinski definition) is 2. The first kappa shape index (κ1) is 19.0. The fraction of sp³-hybridized carbons (Fsp3) is 0.533. The molecule has 0 spiro atoms. The predicted octanol–water partition coefficient (Wildman–Crippen LogP) is 1.74. The molecule has 1 atom stereocenters. The van der Waals surface area contributed by atoms with Crippen LogP contribution in [0.1, 0.15) is 11.1 Å². The fourth-order valence-electron chi connectivity index (χ4n) is 2.56. The van der Waals surface area contributed by atoms with Gasteiger partial charge in [-0.2, -0.15) is 4.31 Å². The number of benzene rings is 1. The van der Waals surface area contributed by atoms with Gasteiger partial charge in [0.2, 0.25) is 10.0 Å². The van der Waals surface area contributed by atoms with Crippen LogP contribution >= 0.6 is 11.6 Å². The van der Waals surface area contributed by atoms with Crippen molar-refractivity contribution in [3.8, 4) is 0 Å². The van der Waals surface area contributed by atoms with Gasteiger partial charge in [0.1, 0.15) is 0 Å². The molecule has 0 unspecified atom stereocenters. The number of carbonyl (C=O) groups is 1. The summed E-state index contributed by atoms with van der Waals surface area (Å²) in [6.45, 7) is 4.87. The normalized spacial score (nSPS) is 19.1. The fourth-order valence-corrected chi connectivity index (χ4v) is 3.77. The number of sulfonamides is 1. The van der Waals surface area contributed by atoms with Gasteiger partial charge < -0.3 is 15.4 Å². The van der Waals surface area contributed by atoms with Gasteiger partial charge in [-0.3, -0.25) is 0 Å². The zero-order valence-corrected chi connectivity index (χ0v) is 15.5. The molecule has 0 saturated carbocycles. The maximum absolute atomic E-state index is 12.1. The Balaban J connectivity index is 1.90. The zero-order valence-electron chi connectivity index (χ0n) is 13.9. The lowest BCUT2D eigenvalue weighted by Crippen LogP contribution is -2.49. The van der Waals surface area contributed by atoms with Crippen LogP contribution in [0.25, 0.3) is 0 Å². The van der Waals surface area contributed by atoms with Crippen LogP contribution < -0.4 is 10.6 Å². The van der Waals surface area contributed by atoms with Crippen LogP contribution in [0.3, 0.4) is 0 Å².